The van der Waals surface area contributed by atoms with Crippen LogP contribution in [0.15, 0.2) is 36.4 Å². The lowest BCUT2D eigenvalue weighted by Gasteiger charge is -2.34. The molecule has 1 aliphatic heterocycles. The van der Waals surface area contributed by atoms with Crippen molar-refractivity contribution in [3.63, 3.8) is 0 Å². The van der Waals surface area contributed by atoms with Gasteiger partial charge in [-0.2, -0.15) is 5.10 Å². The van der Waals surface area contributed by atoms with Gasteiger partial charge < -0.3 is 15.7 Å². The molecule has 194 valence electrons. The molecule has 0 aliphatic carbocycles. The summed E-state index contributed by atoms with van der Waals surface area (Å²) < 4.78 is 1.97. The lowest BCUT2D eigenvalue weighted by molar-refractivity contribution is -0.133. The largest absolute Gasteiger partial charge is 0.396 e. The Bertz CT molecular complexity index is 1160. The molecular weight excluding hydrogens is 452 g/mol. The molecule has 3 N–H and O–H groups in total. The highest BCUT2D eigenvalue weighted by Gasteiger charge is 2.19. The lowest BCUT2D eigenvalue weighted by atomic mass is 10.0. The van der Waals surface area contributed by atoms with Crippen molar-refractivity contribution in [2.24, 2.45) is 5.73 Å². The number of aromatic nitrogens is 3. The van der Waals surface area contributed by atoms with Gasteiger partial charge in [-0.15, -0.1) is 0 Å². The highest BCUT2D eigenvalue weighted by molar-refractivity contribution is 5.76. The van der Waals surface area contributed by atoms with E-state index >= 15 is 0 Å². The minimum absolute atomic E-state index is 0.0500. The predicted molar refractivity (Wildman–Crippen MR) is 145 cm³/mol. The van der Waals surface area contributed by atoms with Crippen molar-refractivity contribution in [2.75, 3.05) is 46.4 Å². The molecule has 3 heterocycles. The van der Waals surface area contributed by atoms with E-state index in [-0.39, 0.29) is 18.9 Å². The first-order valence-electron chi connectivity index (χ1n) is 12.8. The van der Waals surface area contributed by atoms with Crippen LogP contribution >= 0.6 is 0 Å². The molecule has 8 heteroatoms. The smallest absolute Gasteiger partial charge is 0.224 e. The van der Waals surface area contributed by atoms with E-state index in [0.717, 1.165) is 68.3 Å². The van der Waals surface area contributed by atoms with Crippen molar-refractivity contribution in [1.29, 1.82) is 0 Å². The first-order chi connectivity index (χ1) is 17.5. The molecule has 1 saturated heterocycles. The number of amides is 1. The maximum Gasteiger partial charge on any atom is 0.224 e. The number of nitrogens with two attached hydrogens (primary N) is 1. The zero-order chi connectivity index (χ0) is 26.1. The van der Waals surface area contributed by atoms with Gasteiger partial charge in [-0.05, 0) is 44.5 Å². The van der Waals surface area contributed by atoms with Gasteiger partial charge >= 0.3 is 0 Å². The summed E-state index contributed by atoms with van der Waals surface area (Å²) in [6.07, 6.45) is 6.29. The number of aryl methyl sites for hydroxylation is 3. The molecule has 1 aromatic carbocycles. The van der Waals surface area contributed by atoms with Crippen molar-refractivity contribution in [3.05, 3.63) is 70.2 Å². The van der Waals surface area contributed by atoms with E-state index < -0.39 is 0 Å². The van der Waals surface area contributed by atoms with Crippen molar-refractivity contribution in [3.8, 4) is 0 Å². The van der Waals surface area contributed by atoms with Gasteiger partial charge in [0, 0.05) is 62.5 Å². The number of carbonyl (C=O) groups is 1. The Labute approximate surface area is 214 Å². The van der Waals surface area contributed by atoms with E-state index in [4.69, 9.17) is 15.2 Å². The van der Waals surface area contributed by atoms with Crippen LogP contribution in [-0.2, 0) is 17.6 Å². The number of piperazine rings is 1. The standard InChI is InChI=1S/C27H35N5O2.CH5N/c1-4-25-24(27-28-20(2)18-21(3)32(27)29-25)19-23-9-7-22(8-10-23)6-5-12-30-13-15-31(16-14-30)26(34)11-17-33;1-2/h5-10,18,33H,4,11-17,19H2,1-3H3;2H2,1H3/b6-5+;. The van der Waals surface area contributed by atoms with E-state index in [1.54, 1.807) is 0 Å². The summed E-state index contributed by atoms with van der Waals surface area (Å²) in [4.78, 5) is 20.9. The van der Waals surface area contributed by atoms with Crippen LogP contribution in [-0.4, -0.2) is 81.8 Å². The third kappa shape index (κ3) is 6.78. The molecule has 0 spiro atoms. The number of aliphatic hydroxyl groups excluding tert-OH is 1. The first kappa shape index (κ1) is 27.5. The molecule has 2 aromatic heterocycles. The zero-order valence-electron chi connectivity index (χ0n) is 22.1. The Hall–Kier alpha value is -3.07. The summed E-state index contributed by atoms with van der Waals surface area (Å²) in [6, 6.07) is 10.8. The van der Waals surface area contributed by atoms with Crippen LogP contribution in [0.25, 0.3) is 11.7 Å². The minimum Gasteiger partial charge on any atom is -0.396 e. The Kier molecular flexibility index (Phi) is 10.2. The summed E-state index contributed by atoms with van der Waals surface area (Å²) in [5.74, 6) is 0.0500. The average molecular weight is 493 g/mol. The number of fused-ring (bicyclic) bond motifs is 1. The minimum atomic E-state index is -0.0737. The highest BCUT2D eigenvalue weighted by atomic mass is 16.3. The summed E-state index contributed by atoms with van der Waals surface area (Å²) >= 11 is 0. The van der Waals surface area contributed by atoms with Gasteiger partial charge in [0.05, 0.1) is 12.3 Å². The van der Waals surface area contributed by atoms with Gasteiger partial charge in [0.15, 0.2) is 5.65 Å². The van der Waals surface area contributed by atoms with E-state index in [1.165, 1.54) is 23.7 Å². The number of aliphatic hydroxyl groups is 1. The first-order valence-corrected chi connectivity index (χ1v) is 12.8. The second-order valence-electron chi connectivity index (χ2n) is 9.03. The third-order valence-electron chi connectivity index (χ3n) is 6.49. The van der Waals surface area contributed by atoms with E-state index in [0.29, 0.717) is 0 Å². The Morgan fingerprint density at radius 1 is 1.11 bits per heavy atom. The fourth-order valence-corrected chi connectivity index (χ4v) is 4.60. The molecule has 0 unspecified atom stereocenters. The van der Waals surface area contributed by atoms with Crippen LogP contribution in [0.1, 0.15) is 47.1 Å². The van der Waals surface area contributed by atoms with Crippen LogP contribution in [0.2, 0.25) is 0 Å². The SMILES string of the molecule is CCc1nn2c(C)cc(C)nc2c1Cc1ccc(/C=C/CN2CCN(C(=O)CCO)CC2)cc1.CN. The van der Waals surface area contributed by atoms with Gasteiger partial charge in [0.25, 0.3) is 0 Å². The summed E-state index contributed by atoms with van der Waals surface area (Å²) in [5.41, 5.74) is 12.4. The zero-order valence-corrected chi connectivity index (χ0v) is 22.1. The number of benzene rings is 1. The average Bonchev–Trinajstić information content (AvgIpc) is 3.24. The Balaban J connectivity index is 0.00000176. The van der Waals surface area contributed by atoms with Crippen LogP contribution in [0, 0.1) is 13.8 Å². The fourth-order valence-electron chi connectivity index (χ4n) is 4.60. The number of rotatable bonds is 8. The topological polar surface area (TPSA) is 100.0 Å². The van der Waals surface area contributed by atoms with Crippen molar-refractivity contribution in [1.82, 2.24) is 24.4 Å². The number of nitrogens with zero attached hydrogens (tertiary/aromatic N) is 5. The molecule has 0 bridgehead atoms. The molecule has 0 radical (unpaired) electrons. The van der Waals surface area contributed by atoms with Gasteiger partial charge in [-0.1, -0.05) is 43.3 Å². The summed E-state index contributed by atoms with van der Waals surface area (Å²) in [7, 11) is 1.50. The molecule has 1 fully saturated rings. The highest BCUT2D eigenvalue weighted by Crippen LogP contribution is 2.21. The van der Waals surface area contributed by atoms with Crippen LogP contribution < -0.4 is 5.73 Å². The number of hydrogen-bond donors (Lipinski definition) is 2. The third-order valence-corrected chi connectivity index (χ3v) is 6.49. The van der Waals surface area contributed by atoms with Gasteiger partial charge in [-0.3, -0.25) is 9.69 Å². The maximum atomic E-state index is 11.9. The molecule has 4 rings (SSSR count). The normalized spacial score (nSPS) is 14.3. The lowest BCUT2D eigenvalue weighted by Crippen LogP contribution is -2.48. The number of carbonyl (C=O) groups excluding carboxylic acids is 1. The molecule has 36 heavy (non-hydrogen) atoms. The molecular formula is C28H40N6O2. The van der Waals surface area contributed by atoms with Crippen LogP contribution in [0.5, 0.6) is 0 Å². The second-order valence-corrected chi connectivity index (χ2v) is 9.03. The molecule has 3 aromatic rings. The second kappa shape index (κ2) is 13.3. The molecule has 1 aliphatic rings. The monoisotopic (exact) mass is 492 g/mol. The van der Waals surface area contributed by atoms with Crippen LogP contribution in [0.4, 0.5) is 0 Å². The van der Waals surface area contributed by atoms with Gasteiger partial charge in [-0.25, -0.2) is 9.50 Å². The molecule has 0 saturated carbocycles. The van der Waals surface area contributed by atoms with Crippen molar-refractivity contribution < 1.29 is 9.90 Å². The van der Waals surface area contributed by atoms with Crippen molar-refractivity contribution in [2.45, 2.75) is 40.0 Å². The molecule has 8 nitrogen and oxygen atoms in total. The summed E-state index contributed by atoms with van der Waals surface area (Å²) in [6.45, 7) is 10.3. The van der Waals surface area contributed by atoms with Gasteiger partial charge in [0.1, 0.15) is 0 Å². The van der Waals surface area contributed by atoms with Crippen LogP contribution in [0.3, 0.4) is 0 Å². The summed E-state index contributed by atoms with van der Waals surface area (Å²) in [5, 5.41) is 13.7. The van der Waals surface area contributed by atoms with E-state index in [2.05, 4.69) is 67.0 Å². The van der Waals surface area contributed by atoms with Crippen molar-refractivity contribution >= 4 is 17.6 Å². The quantitative estimate of drug-likeness (QED) is 0.501. The molecule has 1 amide bonds. The maximum absolute atomic E-state index is 11.9. The Morgan fingerprint density at radius 2 is 1.81 bits per heavy atom. The fraction of sp³-hybridized carbons (Fsp3) is 0.464. The number of hydrogen-bond acceptors (Lipinski definition) is 6. The van der Waals surface area contributed by atoms with Gasteiger partial charge in [0.2, 0.25) is 5.91 Å². The van der Waals surface area contributed by atoms with E-state index in [1.807, 2.05) is 16.3 Å². The van der Waals surface area contributed by atoms with E-state index in [9.17, 15) is 4.79 Å². The Morgan fingerprint density at radius 3 is 2.44 bits per heavy atom. The molecule has 0 atom stereocenters. The predicted octanol–water partition coefficient (Wildman–Crippen LogP) is 2.61.